The van der Waals surface area contributed by atoms with E-state index >= 15 is 0 Å². The molecule has 26 heavy (non-hydrogen) atoms. The molecule has 0 saturated heterocycles. The van der Waals surface area contributed by atoms with Crippen LogP contribution in [0.25, 0.3) is 0 Å². The Morgan fingerprint density at radius 2 is 1.46 bits per heavy atom. The molecule has 126 valence electrons. The number of carbonyl (C=O) groups excluding carboxylic acids is 2. The van der Waals surface area contributed by atoms with Crippen molar-refractivity contribution in [2.45, 2.75) is 13.8 Å². The topological polar surface area (TPSA) is 46.5 Å². The van der Waals surface area contributed by atoms with Crippen molar-refractivity contribution < 1.29 is 9.59 Å². The number of rotatable bonds is 2. The van der Waals surface area contributed by atoms with Crippen LogP contribution in [0.15, 0.2) is 65.7 Å². The molecule has 3 nitrogen and oxygen atoms in total. The third-order valence-electron chi connectivity index (χ3n) is 4.68. The van der Waals surface area contributed by atoms with Crippen LogP contribution >= 0.6 is 0 Å². The molecule has 1 aliphatic carbocycles. The van der Waals surface area contributed by atoms with Crippen LogP contribution in [0.4, 0.5) is 5.69 Å². The SMILES string of the molecule is Cc1ccc(N=Cc2cccc3c2C(=O)c2ccccc2C3=O)c(C)c1. The van der Waals surface area contributed by atoms with Crippen LogP contribution in [-0.2, 0) is 0 Å². The van der Waals surface area contributed by atoms with Gasteiger partial charge in [-0.05, 0) is 25.5 Å². The lowest BCUT2D eigenvalue weighted by Crippen LogP contribution is -2.22. The first-order chi connectivity index (χ1) is 12.6. The summed E-state index contributed by atoms with van der Waals surface area (Å²) in [6.45, 7) is 4.04. The summed E-state index contributed by atoms with van der Waals surface area (Å²) in [6.07, 6.45) is 1.68. The quantitative estimate of drug-likeness (QED) is 0.491. The van der Waals surface area contributed by atoms with Crippen molar-refractivity contribution >= 4 is 23.5 Å². The Bertz CT molecular complexity index is 1090. The first-order valence-electron chi connectivity index (χ1n) is 8.49. The smallest absolute Gasteiger partial charge is 0.195 e. The monoisotopic (exact) mass is 339 g/mol. The van der Waals surface area contributed by atoms with Gasteiger partial charge in [0, 0.05) is 34.0 Å². The van der Waals surface area contributed by atoms with Gasteiger partial charge in [-0.2, -0.15) is 0 Å². The maximum atomic E-state index is 13.0. The van der Waals surface area contributed by atoms with Crippen molar-refractivity contribution in [3.63, 3.8) is 0 Å². The number of carbonyl (C=O) groups is 2. The molecule has 3 aromatic rings. The summed E-state index contributed by atoms with van der Waals surface area (Å²) in [5, 5.41) is 0. The first kappa shape index (κ1) is 16.2. The van der Waals surface area contributed by atoms with E-state index in [1.807, 2.05) is 32.0 Å². The van der Waals surface area contributed by atoms with Crippen molar-refractivity contribution in [1.29, 1.82) is 0 Å². The molecule has 0 radical (unpaired) electrons. The number of nitrogens with zero attached hydrogens (tertiary/aromatic N) is 1. The van der Waals surface area contributed by atoms with E-state index in [1.165, 1.54) is 5.56 Å². The molecule has 0 heterocycles. The number of aryl methyl sites for hydroxylation is 2. The molecule has 0 bridgehead atoms. The number of fused-ring (bicyclic) bond motifs is 2. The van der Waals surface area contributed by atoms with Crippen LogP contribution in [0.2, 0.25) is 0 Å². The van der Waals surface area contributed by atoms with E-state index in [2.05, 4.69) is 11.1 Å². The number of hydrogen-bond donors (Lipinski definition) is 0. The number of benzene rings is 3. The fraction of sp³-hybridized carbons (Fsp3) is 0.0870. The highest BCUT2D eigenvalue weighted by Gasteiger charge is 2.30. The normalized spacial score (nSPS) is 13.0. The Labute approximate surface area is 152 Å². The molecule has 4 rings (SSSR count). The zero-order valence-corrected chi connectivity index (χ0v) is 14.6. The maximum Gasteiger partial charge on any atom is 0.195 e. The summed E-state index contributed by atoms with van der Waals surface area (Å²) in [7, 11) is 0. The van der Waals surface area contributed by atoms with Gasteiger partial charge in [0.1, 0.15) is 0 Å². The minimum Gasteiger partial charge on any atom is -0.289 e. The predicted octanol–water partition coefficient (Wildman–Crippen LogP) is 4.83. The van der Waals surface area contributed by atoms with E-state index in [1.54, 1.807) is 42.6 Å². The van der Waals surface area contributed by atoms with Gasteiger partial charge in [-0.1, -0.05) is 60.2 Å². The second-order valence-corrected chi connectivity index (χ2v) is 6.52. The average molecular weight is 339 g/mol. The van der Waals surface area contributed by atoms with Crippen molar-refractivity contribution in [3.05, 3.63) is 99.6 Å². The summed E-state index contributed by atoms with van der Waals surface area (Å²) in [5.74, 6) is -0.241. The van der Waals surface area contributed by atoms with Crippen LogP contribution in [0, 0.1) is 13.8 Å². The molecule has 0 amide bonds. The van der Waals surface area contributed by atoms with E-state index in [4.69, 9.17) is 0 Å². The summed E-state index contributed by atoms with van der Waals surface area (Å²) >= 11 is 0. The molecule has 0 unspecified atom stereocenters. The minimum absolute atomic E-state index is 0.114. The molecule has 0 saturated carbocycles. The fourth-order valence-electron chi connectivity index (χ4n) is 3.37. The van der Waals surface area contributed by atoms with E-state index in [-0.39, 0.29) is 11.6 Å². The van der Waals surface area contributed by atoms with E-state index in [0.29, 0.717) is 27.8 Å². The number of hydrogen-bond acceptors (Lipinski definition) is 3. The van der Waals surface area contributed by atoms with Crippen LogP contribution in [0.3, 0.4) is 0 Å². The first-order valence-corrected chi connectivity index (χ1v) is 8.49. The third kappa shape index (κ3) is 2.58. The second-order valence-electron chi connectivity index (χ2n) is 6.52. The molecule has 0 aliphatic heterocycles. The molecule has 0 N–H and O–H groups in total. The van der Waals surface area contributed by atoms with Gasteiger partial charge in [0.05, 0.1) is 5.69 Å². The highest BCUT2D eigenvalue weighted by molar-refractivity contribution is 6.30. The van der Waals surface area contributed by atoms with Crippen molar-refractivity contribution in [2.75, 3.05) is 0 Å². The summed E-state index contributed by atoms with van der Waals surface area (Å²) < 4.78 is 0. The average Bonchev–Trinajstić information content (AvgIpc) is 2.65. The Balaban J connectivity index is 1.82. The molecular formula is C23H17NO2. The summed E-state index contributed by atoms with van der Waals surface area (Å²) in [6, 6.07) is 18.3. The van der Waals surface area contributed by atoms with Crippen LogP contribution in [-0.4, -0.2) is 17.8 Å². The molecule has 3 aromatic carbocycles. The van der Waals surface area contributed by atoms with Gasteiger partial charge in [-0.15, -0.1) is 0 Å². The van der Waals surface area contributed by atoms with Crippen molar-refractivity contribution in [3.8, 4) is 0 Å². The van der Waals surface area contributed by atoms with Gasteiger partial charge in [-0.25, -0.2) is 0 Å². The zero-order valence-electron chi connectivity index (χ0n) is 14.6. The van der Waals surface area contributed by atoms with E-state index < -0.39 is 0 Å². The lowest BCUT2D eigenvalue weighted by atomic mass is 9.82. The van der Waals surface area contributed by atoms with Crippen LogP contribution < -0.4 is 0 Å². The van der Waals surface area contributed by atoms with E-state index in [9.17, 15) is 9.59 Å². The van der Waals surface area contributed by atoms with Gasteiger partial charge >= 0.3 is 0 Å². The Morgan fingerprint density at radius 1 is 0.769 bits per heavy atom. The lowest BCUT2D eigenvalue weighted by molar-refractivity contribution is 0.0979. The number of ketones is 2. The lowest BCUT2D eigenvalue weighted by Gasteiger charge is -2.18. The maximum absolute atomic E-state index is 13.0. The Hall–Kier alpha value is -3.33. The largest absolute Gasteiger partial charge is 0.289 e. The predicted molar refractivity (Wildman–Crippen MR) is 103 cm³/mol. The van der Waals surface area contributed by atoms with Crippen molar-refractivity contribution in [2.24, 2.45) is 4.99 Å². The minimum atomic E-state index is -0.127. The van der Waals surface area contributed by atoms with Gasteiger partial charge in [0.25, 0.3) is 0 Å². The van der Waals surface area contributed by atoms with Gasteiger partial charge in [0.15, 0.2) is 11.6 Å². The van der Waals surface area contributed by atoms with Gasteiger partial charge in [0.2, 0.25) is 0 Å². The third-order valence-corrected chi connectivity index (χ3v) is 4.68. The van der Waals surface area contributed by atoms with Gasteiger partial charge < -0.3 is 0 Å². The molecule has 0 fully saturated rings. The summed E-state index contributed by atoms with van der Waals surface area (Å²) in [4.78, 5) is 30.3. The molecule has 0 atom stereocenters. The highest BCUT2D eigenvalue weighted by atomic mass is 16.1. The molecular weight excluding hydrogens is 322 g/mol. The second kappa shape index (κ2) is 6.19. The fourth-order valence-corrected chi connectivity index (χ4v) is 3.37. The van der Waals surface area contributed by atoms with Crippen LogP contribution in [0.1, 0.15) is 48.5 Å². The number of aliphatic imine (C=N–C) groups is 1. The van der Waals surface area contributed by atoms with Crippen molar-refractivity contribution in [1.82, 2.24) is 0 Å². The Kier molecular flexibility index (Phi) is 3.85. The summed E-state index contributed by atoms with van der Waals surface area (Å²) in [5.41, 5.74) is 5.56. The van der Waals surface area contributed by atoms with E-state index in [0.717, 1.165) is 11.3 Å². The van der Waals surface area contributed by atoms with Crippen LogP contribution in [0.5, 0.6) is 0 Å². The van der Waals surface area contributed by atoms with Gasteiger partial charge in [-0.3, -0.25) is 14.6 Å². The standard InChI is InChI=1S/C23H17NO2/c1-14-10-11-20(15(2)12-14)24-13-16-6-5-9-19-21(16)23(26)18-8-4-3-7-17(18)22(19)25/h3-13H,1-2H3. The molecule has 0 spiro atoms. The molecule has 1 aliphatic rings. The zero-order chi connectivity index (χ0) is 18.3. The molecule has 0 aromatic heterocycles. The Morgan fingerprint density at radius 3 is 2.19 bits per heavy atom. The molecule has 3 heteroatoms. The highest BCUT2D eigenvalue weighted by Crippen LogP contribution is 2.29.